The minimum absolute atomic E-state index is 0.506. The van der Waals surface area contributed by atoms with E-state index in [2.05, 4.69) is 137 Å². The highest BCUT2D eigenvalue weighted by molar-refractivity contribution is 5.85. The van der Waals surface area contributed by atoms with Crippen molar-refractivity contribution in [1.82, 2.24) is 30.4 Å². The molecule has 0 unspecified atom stereocenters. The molecule has 0 bridgehead atoms. The van der Waals surface area contributed by atoms with Gasteiger partial charge in [-0.1, -0.05) is 510 Å². The van der Waals surface area contributed by atoms with Gasteiger partial charge in [0.15, 0.2) is 34.6 Å². The van der Waals surface area contributed by atoms with Crippen molar-refractivity contribution in [2.24, 2.45) is 0 Å². The molecule has 10 heteroatoms. The Morgan fingerprint density at radius 2 is 0.390 bits per heavy atom. The Balaban J connectivity index is 1.05. The van der Waals surface area contributed by atoms with Crippen molar-refractivity contribution in [3.05, 3.63) is 121 Å². The maximum atomic E-state index is 6.99. The zero-order valence-electron chi connectivity index (χ0n) is 75.9. The Kier molecular flexibility index (Phi) is 56.7. The Morgan fingerprint density at radius 1 is 0.178 bits per heavy atom. The molecule has 0 aliphatic heterocycles. The second-order valence-electron chi connectivity index (χ2n) is 34.8. The molecular weight excluding hydrogens is 1450 g/mol. The second-order valence-corrected chi connectivity index (χ2v) is 34.8. The molecule has 0 spiro atoms. The molecule has 0 radical (unpaired) electrons. The minimum Gasteiger partial charge on any atom is -0.490 e. The number of nitrogens with zero attached hydrogens (tertiary/aromatic N) is 6. The van der Waals surface area contributed by atoms with Crippen LogP contribution in [0.1, 0.15) is 439 Å². The minimum atomic E-state index is 0.506. The summed E-state index contributed by atoms with van der Waals surface area (Å²) in [6.07, 6.45) is 85.2. The van der Waals surface area contributed by atoms with E-state index in [0.717, 1.165) is 108 Å². The zero-order chi connectivity index (χ0) is 82.5. The summed E-state index contributed by atoms with van der Waals surface area (Å²) < 4.78 is 27.6. The highest BCUT2D eigenvalue weighted by Gasteiger charge is 2.24. The zero-order valence-corrected chi connectivity index (χ0v) is 75.9. The second kappa shape index (κ2) is 67.9. The largest absolute Gasteiger partial charge is 0.490 e. The summed E-state index contributed by atoms with van der Waals surface area (Å²) in [6.45, 7) is 11.7. The fourth-order valence-corrected chi connectivity index (χ4v) is 16.9. The van der Waals surface area contributed by atoms with E-state index in [1.165, 1.54) is 360 Å². The molecule has 0 aliphatic carbocycles. The molecule has 0 amide bonds. The van der Waals surface area contributed by atoms with E-state index in [1.54, 1.807) is 0 Å². The van der Waals surface area contributed by atoms with Crippen molar-refractivity contribution in [1.29, 1.82) is 0 Å². The van der Waals surface area contributed by atoms with Gasteiger partial charge in [-0.05, 0) is 49.9 Å². The number of para-hydroxylation sites is 2. The average molecular weight is 1610 g/mol. The molecule has 2 heterocycles. The number of unbranched alkanes of at least 4 members (excludes halogenated alkanes) is 60. The number of rotatable bonds is 78. The smallest absolute Gasteiger partial charge is 0.182 e. The van der Waals surface area contributed by atoms with E-state index in [4.69, 9.17) is 49.3 Å². The summed E-state index contributed by atoms with van der Waals surface area (Å²) in [5, 5.41) is 19.9. The molecule has 7 rings (SSSR count). The summed E-state index contributed by atoms with van der Waals surface area (Å²) in [5.74, 6) is 3.96. The third kappa shape index (κ3) is 42.7. The Bertz CT molecular complexity index is 3280. The maximum Gasteiger partial charge on any atom is 0.182 e. The third-order valence-corrected chi connectivity index (χ3v) is 24.3. The van der Waals surface area contributed by atoms with Crippen LogP contribution in [0.2, 0.25) is 0 Å². The quantitative estimate of drug-likeness (QED) is 0.0341. The molecule has 0 fully saturated rings. The molecule has 0 saturated heterocycles. The van der Waals surface area contributed by atoms with Crippen LogP contribution in [0.25, 0.3) is 67.8 Å². The van der Waals surface area contributed by atoms with E-state index in [-0.39, 0.29) is 0 Å². The van der Waals surface area contributed by atoms with Gasteiger partial charge in [0.1, 0.15) is 22.8 Å². The first-order valence-corrected chi connectivity index (χ1v) is 50.1. The lowest BCUT2D eigenvalue weighted by atomic mass is 10.0. The van der Waals surface area contributed by atoms with E-state index < -0.39 is 0 Å². The number of hydrogen-bond acceptors (Lipinski definition) is 10. The molecule has 0 atom stereocenters. The number of hydrogen-bond donors (Lipinski definition) is 0. The molecule has 0 aliphatic rings. The fraction of sp³-hybridized carbons (Fsp3) is 0.667. The predicted molar refractivity (Wildman–Crippen MR) is 506 cm³/mol. The van der Waals surface area contributed by atoms with Gasteiger partial charge in [-0.15, -0.1) is 20.4 Å². The summed E-state index contributed by atoms with van der Waals surface area (Å²) >= 11 is 0. The van der Waals surface area contributed by atoms with Crippen LogP contribution in [-0.2, 0) is 0 Å². The highest BCUT2D eigenvalue weighted by Crippen LogP contribution is 2.44. The topological polar surface area (TPSA) is 114 Å². The third-order valence-electron chi connectivity index (χ3n) is 24.3. The Labute approximate surface area is 722 Å². The highest BCUT2D eigenvalue weighted by atomic mass is 16.5. The van der Waals surface area contributed by atoms with Crippen LogP contribution < -0.4 is 18.9 Å². The number of ether oxygens (including phenoxy) is 4. The van der Waals surface area contributed by atoms with E-state index in [0.29, 0.717) is 60.9 Å². The molecule has 0 saturated carbocycles. The van der Waals surface area contributed by atoms with Crippen LogP contribution >= 0.6 is 0 Å². The average Bonchev–Trinajstić information content (AvgIpc) is 0.782. The van der Waals surface area contributed by atoms with Gasteiger partial charge in [0, 0.05) is 33.4 Å². The maximum absolute atomic E-state index is 6.99. The molecule has 7 aromatic rings. The molecule has 0 N–H and O–H groups in total. The van der Waals surface area contributed by atoms with Crippen molar-refractivity contribution in [3.8, 4) is 90.8 Å². The van der Waals surface area contributed by atoms with E-state index in [1.807, 2.05) is 12.1 Å². The van der Waals surface area contributed by atoms with Gasteiger partial charge in [-0.25, -0.2) is 9.97 Å². The predicted octanol–water partition coefficient (Wildman–Crippen LogP) is 34.6. The van der Waals surface area contributed by atoms with Gasteiger partial charge in [0.05, 0.1) is 26.4 Å². The molecule has 654 valence electrons. The van der Waals surface area contributed by atoms with E-state index in [9.17, 15) is 0 Å². The van der Waals surface area contributed by atoms with Crippen LogP contribution in [0.4, 0.5) is 0 Å². The molecule has 2 aromatic heterocycles. The van der Waals surface area contributed by atoms with Gasteiger partial charge in [0.2, 0.25) is 0 Å². The SMILES string of the molecule is CCCCCCCCCCCCCCCCCCOc1cccc(-c2nc(-c3ccc(-c4nnc(-c5ccccc5)c(-c5cccc(OCCCCCCCCCCCCCCCCCC)c5OCCCCCCCCCCCCCCCCCC)n4)cc3)nnc2-c2ccccc2)c1OCCCCCCCCCCCCCCCCCC. The summed E-state index contributed by atoms with van der Waals surface area (Å²) in [7, 11) is 0. The molecular formula is C108H168N6O4. The molecule has 118 heavy (non-hydrogen) atoms. The monoisotopic (exact) mass is 1610 g/mol. The van der Waals surface area contributed by atoms with Gasteiger partial charge in [0.25, 0.3) is 0 Å². The first kappa shape index (κ1) is 98.4. The van der Waals surface area contributed by atoms with Crippen LogP contribution in [0.3, 0.4) is 0 Å². The van der Waals surface area contributed by atoms with Gasteiger partial charge in [-0.3, -0.25) is 0 Å². The first-order chi connectivity index (χ1) is 58.6. The van der Waals surface area contributed by atoms with Gasteiger partial charge < -0.3 is 18.9 Å². The molecule has 5 aromatic carbocycles. The standard InChI is InChI=1S/C108H168N6O4/c1-5-9-13-17-21-25-29-33-37-41-45-49-53-57-61-71-89-115-99-83-75-81-97(105(99)117-91-73-63-59-55-51-47-43-39-35-31-27-23-19-15-11-7-3)103-101(93-77-67-65-68-78-93)111-113-107(109-103)95-85-87-96(88-86-95)108-110-104(102(112-114-108)94-79-69-66-70-80-94)98-82-76-84-100(116-90-72-62-58-54-50-46-42-38-34-30-26-22-18-14-10-6-2)106(98)118-92-74-64-60-56-52-48-44-40-36-32-28-24-20-16-12-8-4/h65-70,75-88H,5-64,71-74,89-92H2,1-4H3. The van der Waals surface area contributed by atoms with Crippen LogP contribution in [0.15, 0.2) is 121 Å². The fourth-order valence-electron chi connectivity index (χ4n) is 16.9. The Morgan fingerprint density at radius 3 is 0.619 bits per heavy atom. The van der Waals surface area contributed by atoms with Crippen molar-refractivity contribution < 1.29 is 18.9 Å². The Hall–Kier alpha value is -6.68. The van der Waals surface area contributed by atoms with Gasteiger partial charge >= 0.3 is 0 Å². The van der Waals surface area contributed by atoms with Crippen molar-refractivity contribution in [2.45, 2.75) is 439 Å². The summed E-state index contributed by atoms with van der Waals surface area (Å²) in [5.41, 5.74) is 7.98. The lowest BCUT2D eigenvalue weighted by Crippen LogP contribution is -2.06. The van der Waals surface area contributed by atoms with Gasteiger partial charge in [-0.2, -0.15) is 0 Å². The lowest BCUT2D eigenvalue weighted by Gasteiger charge is -2.18. The number of benzene rings is 5. The molecule has 10 nitrogen and oxygen atoms in total. The van der Waals surface area contributed by atoms with Crippen LogP contribution in [-0.4, -0.2) is 56.8 Å². The number of aromatic nitrogens is 6. The van der Waals surface area contributed by atoms with E-state index >= 15 is 0 Å². The van der Waals surface area contributed by atoms with Crippen molar-refractivity contribution in [3.63, 3.8) is 0 Å². The summed E-state index contributed by atoms with van der Waals surface area (Å²) in [4.78, 5) is 11.0. The van der Waals surface area contributed by atoms with Crippen molar-refractivity contribution >= 4 is 0 Å². The summed E-state index contributed by atoms with van der Waals surface area (Å²) in [6, 6.07) is 41.4. The first-order valence-electron chi connectivity index (χ1n) is 50.1. The van der Waals surface area contributed by atoms with Crippen LogP contribution in [0, 0.1) is 0 Å². The normalized spacial score (nSPS) is 11.5. The lowest BCUT2D eigenvalue weighted by molar-refractivity contribution is 0.259. The van der Waals surface area contributed by atoms with Crippen molar-refractivity contribution in [2.75, 3.05) is 26.4 Å². The van der Waals surface area contributed by atoms with Crippen LogP contribution in [0.5, 0.6) is 23.0 Å².